The summed E-state index contributed by atoms with van der Waals surface area (Å²) in [6.45, 7) is 2.10. The molecular formula is C12H18ClNO. The van der Waals surface area contributed by atoms with Gasteiger partial charge < -0.3 is 10.5 Å². The van der Waals surface area contributed by atoms with E-state index < -0.39 is 0 Å². The second-order valence-corrected chi connectivity index (χ2v) is 4.05. The lowest BCUT2D eigenvalue weighted by Gasteiger charge is -2.17. The van der Waals surface area contributed by atoms with Gasteiger partial charge in [0.25, 0.3) is 0 Å². The van der Waals surface area contributed by atoms with Gasteiger partial charge in [0, 0.05) is 11.6 Å². The lowest BCUT2D eigenvalue weighted by molar-refractivity contribution is 0.402. The van der Waals surface area contributed by atoms with Crippen LogP contribution in [0.5, 0.6) is 5.75 Å². The highest BCUT2D eigenvalue weighted by Gasteiger charge is 2.31. The summed E-state index contributed by atoms with van der Waals surface area (Å²) in [6, 6.07) is 6.26. The van der Waals surface area contributed by atoms with E-state index in [1.165, 1.54) is 24.0 Å². The van der Waals surface area contributed by atoms with Gasteiger partial charge in [-0.15, -0.1) is 12.4 Å². The lowest BCUT2D eigenvalue weighted by atomic mass is 9.97. The zero-order chi connectivity index (χ0) is 10.1. The fourth-order valence-electron chi connectivity index (χ4n) is 1.95. The van der Waals surface area contributed by atoms with E-state index in [2.05, 4.69) is 13.0 Å². The first-order valence-electron chi connectivity index (χ1n) is 5.13. The maximum atomic E-state index is 6.20. The SMILES string of the molecule is COc1cccc(C)c1C(N)C1CC1.Cl. The zero-order valence-electron chi connectivity index (χ0n) is 9.19. The monoisotopic (exact) mass is 227 g/mol. The molecule has 0 heterocycles. The van der Waals surface area contributed by atoms with Crippen molar-refractivity contribution < 1.29 is 4.74 Å². The molecule has 0 saturated heterocycles. The number of methoxy groups -OCH3 is 1. The number of benzene rings is 1. The number of hydrogen-bond donors (Lipinski definition) is 1. The molecule has 0 radical (unpaired) electrons. The maximum absolute atomic E-state index is 6.20. The molecule has 1 aromatic rings. The van der Waals surface area contributed by atoms with Crippen LogP contribution in [0.15, 0.2) is 18.2 Å². The van der Waals surface area contributed by atoms with Crippen molar-refractivity contribution in [2.45, 2.75) is 25.8 Å². The van der Waals surface area contributed by atoms with E-state index in [0.717, 1.165) is 5.75 Å². The Bertz CT molecular complexity index is 336. The topological polar surface area (TPSA) is 35.2 Å². The molecule has 1 unspecified atom stereocenters. The minimum Gasteiger partial charge on any atom is -0.496 e. The smallest absolute Gasteiger partial charge is 0.123 e. The fourth-order valence-corrected chi connectivity index (χ4v) is 1.95. The summed E-state index contributed by atoms with van der Waals surface area (Å²) in [6.07, 6.45) is 2.53. The highest BCUT2D eigenvalue weighted by molar-refractivity contribution is 5.85. The Kier molecular flexibility index (Phi) is 4.00. The summed E-state index contributed by atoms with van der Waals surface area (Å²) in [5.74, 6) is 1.61. The molecule has 1 aromatic carbocycles. The molecule has 1 aliphatic rings. The average molecular weight is 228 g/mol. The van der Waals surface area contributed by atoms with Gasteiger partial charge in [-0.05, 0) is 37.3 Å². The molecule has 3 heteroatoms. The molecule has 1 saturated carbocycles. The van der Waals surface area contributed by atoms with Crippen molar-refractivity contribution in [3.63, 3.8) is 0 Å². The van der Waals surface area contributed by atoms with Gasteiger partial charge in [-0.25, -0.2) is 0 Å². The number of ether oxygens (including phenoxy) is 1. The molecule has 1 fully saturated rings. The zero-order valence-corrected chi connectivity index (χ0v) is 10.0. The third-order valence-electron chi connectivity index (χ3n) is 2.97. The van der Waals surface area contributed by atoms with E-state index in [-0.39, 0.29) is 18.4 Å². The molecule has 0 aliphatic heterocycles. The van der Waals surface area contributed by atoms with E-state index >= 15 is 0 Å². The number of rotatable bonds is 3. The first-order valence-corrected chi connectivity index (χ1v) is 5.13. The second kappa shape index (κ2) is 4.86. The normalized spacial score (nSPS) is 16.7. The van der Waals surface area contributed by atoms with E-state index in [1.54, 1.807) is 7.11 Å². The molecule has 15 heavy (non-hydrogen) atoms. The molecule has 1 aliphatic carbocycles. The maximum Gasteiger partial charge on any atom is 0.123 e. The number of halogens is 1. The summed E-state index contributed by atoms with van der Waals surface area (Å²) in [4.78, 5) is 0. The largest absolute Gasteiger partial charge is 0.496 e. The second-order valence-electron chi connectivity index (χ2n) is 4.05. The minimum absolute atomic E-state index is 0. The molecule has 84 valence electrons. The van der Waals surface area contributed by atoms with E-state index in [4.69, 9.17) is 10.5 Å². The standard InChI is InChI=1S/C12H17NO.ClH/c1-8-4-3-5-10(14-2)11(8)12(13)9-6-7-9;/h3-5,9,12H,6-7,13H2,1-2H3;1H. The number of nitrogens with two attached hydrogens (primary N) is 1. The predicted molar refractivity (Wildman–Crippen MR) is 64.6 cm³/mol. The van der Waals surface area contributed by atoms with E-state index in [1.807, 2.05) is 12.1 Å². The van der Waals surface area contributed by atoms with Gasteiger partial charge in [0.1, 0.15) is 5.75 Å². The molecule has 0 bridgehead atoms. The fraction of sp³-hybridized carbons (Fsp3) is 0.500. The summed E-state index contributed by atoms with van der Waals surface area (Å²) >= 11 is 0. The van der Waals surface area contributed by atoms with E-state index in [0.29, 0.717) is 5.92 Å². The number of aryl methyl sites for hydroxylation is 1. The van der Waals surface area contributed by atoms with Gasteiger partial charge in [0.2, 0.25) is 0 Å². The first-order chi connectivity index (χ1) is 6.74. The van der Waals surface area contributed by atoms with Gasteiger partial charge in [0.05, 0.1) is 7.11 Å². The third-order valence-corrected chi connectivity index (χ3v) is 2.97. The van der Waals surface area contributed by atoms with Crippen LogP contribution < -0.4 is 10.5 Å². The Balaban J connectivity index is 0.00000112. The molecule has 0 spiro atoms. The molecule has 2 nitrogen and oxygen atoms in total. The highest BCUT2D eigenvalue weighted by atomic mass is 35.5. The van der Waals surface area contributed by atoms with Crippen molar-refractivity contribution in [1.29, 1.82) is 0 Å². The Labute approximate surface area is 97.2 Å². The number of hydrogen-bond acceptors (Lipinski definition) is 2. The quantitative estimate of drug-likeness (QED) is 0.862. The van der Waals surface area contributed by atoms with Crippen LogP contribution in [0.2, 0.25) is 0 Å². The molecule has 2 N–H and O–H groups in total. The molecule has 2 rings (SSSR count). The van der Waals surface area contributed by atoms with Gasteiger partial charge >= 0.3 is 0 Å². The molecule has 0 amide bonds. The third kappa shape index (κ3) is 2.44. The Hall–Kier alpha value is -0.730. The van der Waals surface area contributed by atoms with Gasteiger partial charge in [-0.1, -0.05) is 12.1 Å². The first kappa shape index (κ1) is 12.3. The van der Waals surface area contributed by atoms with Crippen LogP contribution in [0.1, 0.15) is 30.0 Å². The molecule has 0 aromatic heterocycles. The van der Waals surface area contributed by atoms with E-state index in [9.17, 15) is 0 Å². The van der Waals surface area contributed by atoms with Crippen LogP contribution in [0.25, 0.3) is 0 Å². The van der Waals surface area contributed by atoms with Crippen LogP contribution in [-0.4, -0.2) is 7.11 Å². The van der Waals surface area contributed by atoms with Crippen LogP contribution >= 0.6 is 12.4 Å². The predicted octanol–water partition coefficient (Wildman–Crippen LogP) is 2.84. The van der Waals surface area contributed by atoms with Crippen LogP contribution in [-0.2, 0) is 0 Å². The summed E-state index contributed by atoms with van der Waals surface area (Å²) < 4.78 is 5.35. The van der Waals surface area contributed by atoms with Crippen LogP contribution in [0.4, 0.5) is 0 Å². The average Bonchev–Trinajstić information content (AvgIpc) is 2.99. The van der Waals surface area contributed by atoms with Crippen molar-refractivity contribution in [3.05, 3.63) is 29.3 Å². The van der Waals surface area contributed by atoms with Crippen molar-refractivity contribution in [1.82, 2.24) is 0 Å². The minimum atomic E-state index is 0. The summed E-state index contributed by atoms with van der Waals surface area (Å²) in [5, 5.41) is 0. The van der Waals surface area contributed by atoms with Crippen LogP contribution in [0.3, 0.4) is 0 Å². The van der Waals surface area contributed by atoms with Gasteiger partial charge in [-0.2, -0.15) is 0 Å². The summed E-state index contributed by atoms with van der Waals surface area (Å²) in [5.41, 5.74) is 8.63. The summed E-state index contributed by atoms with van der Waals surface area (Å²) in [7, 11) is 1.71. The highest BCUT2D eigenvalue weighted by Crippen LogP contribution is 2.43. The lowest BCUT2D eigenvalue weighted by Crippen LogP contribution is -2.15. The Morgan fingerprint density at radius 2 is 2.07 bits per heavy atom. The van der Waals surface area contributed by atoms with Crippen molar-refractivity contribution in [3.8, 4) is 5.75 Å². The van der Waals surface area contributed by atoms with Crippen LogP contribution in [0, 0.1) is 12.8 Å². The van der Waals surface area contributed by atoms with Crippen molar-refractivity contribution >= 4 is 12.4 Å². The van der Waals surface area contributed by atoms with Gasteiger partial charge in [0.15, 0.2) is 0 Å². The Morgan fingerprint density at radius 1 is 1.40 bits per heavy atom. The van der Waals surface area contributed by atoms with Gasteiger partial charge in [-0.3, -0.25) is 0 Å². The molecular weight excluding hydrogens is 210 g/mol. The Morgan fingerprint density at radius 3 is 2.60 bits per heavy atom. The van der Waals surface area contributed by atoms with Crippen molar-refractivity contribution in [2.24, 2.45) is 11.7 Å². The molecule has 1 atom stereocenters. The van der Waals surface area contributed by atoms with Crippen molar-refractivity contribution in [2.75, 3.05) is 7.11 Å².